The molecule has 1 amide bonds. The number of carbonyl (C=O) groups excluding carboxylic acids is 1. The largest absolute Gasteiger partial charge is 0.338 e. The van der Waals surface area contributed by atoms with Gasteiger partial charge in [0.05, 0.1) is 16.3 Å². The van der Waals surface area contributed by atoms with Crippen molar-refractivity contribution in [3.63, 3.8) is 0 Å². The second kappa shape index (κ2) is 6.40. The Bertz CT molecular complexity index is 940. The van der Waals surface area contributed by atoms with E-state index in [1.165, 1.54) is 12.5 Å². The molecule has 3 aromatic rings. The van der Waals surface area contributed by atoms with Crippen LogP contribution in [0.5, 0.6) is 0 Å². The van der Waals surface area contributed by atoms with Gasteiger partial charge in [0, 0.05) is 37.1 Å². The summed E-state index contributed by atoms with van der Waals surface area (Å²) in [5, 5.41) is 4.67. The first kappa shape index (κ1) is 16.0. The van der Waals surface area contributed by atoms with Gasteiger partial charge in [-0.05, 0) is 31.9 Å². The molecular formula is C17H17ClN6O. The van der Waals surface area contributed by atoms with Crippen LogP contribution < -0.4 is 0 Å². The first-order valence-electron chi connectivity index (χ1n) is 8.19. The van der Waals surface area contributed by atoms with Gasteiger partial charge in [0.25, 0.3) is 11.7 Å². The van der Waals surface area contributed by atoms with E-state index in [9.17, 15) is 4.79 Å². The zero-order valence-electron chi connectivity index (χ0n) is 13.8. The number of piperidine rings is 1. The molecule has 4 heterocycles. The van der Waals surface area contributed by atoms with E-state index in [1.54, 1.807) is 16.8 Å². The molecule has 1 fully saturated rings. The van der Waals surface area contributed by atoms with Gasteiger partial charge in [-0.2, -0.15) is 10.1 Å². The Morgan fingerprint density at radius 2 is 2.28 bits per heavy atom. The Hall–Kier alpha value is -2.54. The molecule has 0 bridgehead atoms. The van der Waals surface area contributed by atoms with Gasteiger partial charge >= 0.3 is 0 Å². The van der Waals surface area contributed by atoms with Crippen LogP contribution in [0.1, 0.15) is 40.5 Å². The Morgan fingerprint density at radius 3 is 3.12 bits per heavy atom. The summed E-state index contributed by atoms with van der Waals surface area (Å²) in [6, 6.07) is 3.69. The molecule has 1 aliphatic heterocycles. The van der Waals surface area contributed by atoms with Crippen LogP contribution >= 0.6 is 11.6 Å². The average molecular weight is 357 g/mol. The molecule has 0 radical (unpaired) electrons. The van der Waals surface area contributed by atoms with Crippen LogP contribution in [0, 0.1) is 6.92 Å². The van der Waals surface area contributed by atoms with E-state index in [0.717, 1.165) is 30.8 Å². The zero-order valence-corrected chi connectivity index (χ0v) is 14.5. The number of rotatable bonds is 2. The lowest BCUT2D eigenvalue weighted by molar-refractivity contribution is 0.0705. The molecule has 0 N–H and O–H groups in total. The van der Waals surface area contributed by atoms with Crippen molar-refractivity contribution in [2.45, 2.75) is 25.7 Å². The molecular weight excluding hydrogens is 340 g/mol. The van der Waals surface area contributed by atoms with E-state index >= 15 is 0 Å². The minimum absolute atomic E-state index is 0.0577. The molecule has 0 saturated carbocycles. The number of nitrogens with zero attached hydrogens (tertiary/aromatic N) is 6. The summed E-state index contributed by atoms with van der Waals surface area (Å²) >= 11 is 6.14. The van der Waals surface area contributed by atoms with E-state index in [4.69, 9.17) is 11.6 Å². The van der Waals surface area contributed by atoms with E-state index in [0.29, 0.717) is 22.9 Å². The maximum atomic E-state index is 12.8. The third-order valence-corrected chi connectivity index (χ3v) is 4.84. The van der Waals surface area contributed by atoms with E-state index in [2.05, 4.69) is 20.1 Å². The summed E-state index contributed by atoms with van der Waals surface area (Å²) < 4.78 is 1.77. The fourth-order valence-electron chi connectivity index (χ4n) is 3.37. The van der Waals surface area contributed by atoms with Crippen LogP contribution in [-0.2, 0) is 0 Å². The molecule has 1 atom stereocenters. The van der Waals surface area contributed by atoms with Crippen LogP contribution in [0.4, 0.5) is 0 Å². The van der Waals surface area contributed by atoms with Gasteiger partial charge in [0.1, 0.15) is 6.33 Å². The lowest BCUT2D eigenvalue weighted by Crippen LogP contribution is -2.39. The van der Waals surface area contributed by atoms with Gasteiger partial charge in [-0.15, -0.1) is 0 Å². The molecule has 1 saturated heterocycles. The number of pyridine rings is 1. The SMILES string of the molecule is Cc1cc(C2CCCN(C(=O)c3ccncc3Cl)C2)n2ncnc2n1. The molecule has 128 valence electrons. The average Bonchev–Trinajstić information content (AvgIpc) is 3.09. The molecule has 1 unspecified atom stereocenters. The molecule has 0 spiro atoms. The number of hydrogen-bond donors (Lipinski definition) is 0. The van der Waals surface area contributed by atoms with Gasteiger partial charge in [0.2, 0.25) is 0 Å². The Labute approximate surface area is 149 Å². The van der Waals surface area contributed by atoms with Crippen molar-refractivity contribution in [1.29, 1.82) is 0 Å². The first-order chi connectivity index (χ1) is 12.1. The van der Waals surface area contributed by atoms with Crippen molar-refractivity contribution >= 4 is 23.3 Å². The number of likely N-dealkylation sites (tertiary alicyclic amines) is 1. The molecule has 0 aromatic carbocycles. The Balaban J connectivity index is 1.64. The van der Waals surface area contributed by atoms with Crippen molar-refractivity contribution in [2.75, 3.05) is 13.1 Å². The predicted octanol–water partition coefficient (Wildman–Crippen LogP) is 2.50. The Kier molecular flexibility index (Phi) is 4.09. The third-order valence-electron chi connectivity index (χ3n) is 4.54. The standard InChI is InChI=1S/C17H17ClN6O/c1-11-7-15(24-17(22-11)20-10-21-24)12-3-2-6-23(9-12)16(25)13-4-5-19-8-14(13)18/h4-5,7-8,10,12H,2-3,6,9H2,1H3. The number of aromatic nitrogens is 5. The third kappa shape index (κ3) is 2.95. The summed E-state index contributed by atoms with van der Waals surface area (Å²) in [6.07, 6.45) is 6.52. The normalized spacial score (nSPS) is 17.8. The summed E-state index contributed by atoms with van der Waals surface area (Å²) in [5.41, 5.74) is 2.43. The lowest BCUT2D eigenvalue weighted by Gasteiger charge is -2.33. The summed E-state index contributed by atoms with van der Waals surface area (Å²) in [7, 11) is 0. The van der Waals surface area contributed by atoms with E-state index in [1.807, 2.05) is 17.9 Å². The second-order valence-electron chi connectivity index (χ2n) is 6.24. The van der Waals surface area contributed by atoms with Crippen LogP contribution in [0.25, 0.3) is 5.78 Å². The van der Waals surface area contributed by atoms with E-state index < -0.39 is 0 Å². The highest BCUT2D eigenvalue weighted by molar-refractivity contribution is 6.33. The zero-order chi connectivity index (χ0) is 17.4. The van der Waals surface area contributed by atoms with Crippen molar-refractivity contribution in [3.8, 4) is 0 Å². The van der Waals surface area contributed by atoms with Crippen molar-refractivity contribution in [2.24, 2.45) is 0 Å². The highest BCUT2D eigenvalue weighted by Gasteiger charge is 2.28. The summed E-state index contributed by atoms with van der Waals surface area (Å²) in [5.74, 6) is 0.720. The minimum Gasteiger partial charge on any atom is -0.338 e. The molecule has 8 heteroatoms. The number of fused-ring (bicyclic) bond motifs is 1. The van der Waals surface area contributed by atoms with Gasteiger partial charge < -0.3 is 4.90 Å². The molecule has 3 aromatic heterocycles. The first-order valence-corrected chi connectivity index (χ1v) is 8.57. The van der Waals surface area contributed by atoms with Gasteiger partial charge in [0.15, 0.2) is 0 Å². The van der Waals surface area contributed by atoms with Crippen molar-refractivity contribution in [3.05, 3.63) is 52.8 Å². The molecule has 1 aliphatic rings. The molecule has 25 heavy (non-hydrogen) atoms. The highest BCUT2D eigenvalue weighted by Crippen LogP contribution is 2.29. The highest BCUT2D eigenvalue weighted by atomic mass is 35.5. The number of carbonyl (C=O) groups is 1. The maximum absolute atomic E-state index is 12.8. The summed E-state index contributed by atoms with van der Waals surface area (Å²) in [4.78, 5) is 27.2. The smallest absolute Gasteiger partial charge is 0.255 e. The van der Waals surface area contributed by atoms with Gasteiger partial charge in [-0.25, -0.2) is 9.50 Å². The Morgan fingerprint density at radius 1 is 1.40 bits per heavy atom. The van der Waals surface area contributed by atoms with Crippen LogP contribution in [0.3, 0.4) is 0 Å². The van der Waals surface area contributed by atoms with Gasteiger partial charge in [-0.3, -0.25) is 9.78 Å². The quantitative estimate of drug-likeness (QED) is 0.705. The topological polar surface area (TPSA) is 76.3 Å². The summed E-state index contributed by atoms with van der Waals surface area (Å²) in [6.45, 7) is 3.29. The molecule has 7 nitrogen and oxygen atoms in total. The van der Waals surface area contributed by atoms with Gasteiger partial charge in [-0.1, -0.05) is 11.6 Å². The molecule has 0 aliphatic carbocycles. The number of hydrogen-bond acceptors (Lipinski definition) is 5. The molecule has 4 rings (SSSR count). The van der Waals surface area contributed by atoms with Crippen LogP contribution in [0.15, 0.2) is 30.9 Å². The van der Waals surface area contributed by atoms with Crippen LogP contribution in [-0.4, -0.2) is 48.5 Å². The lowest BCUT2D eigenvalue weighted by atomic mass is 9.93. The van der Waals surface area contributed by atoms with Crippen molar-refractivity contribution in [1.82, 2.24) is 29.5 Å². The number of halogens is 1. The monoisotopic (exact) mass is 356 g/mol. The second-order valence-corrected chi connectivity index (χ2v) is 6.65. The number of amides is 1. The van der Waals surface area contributed by atoms with E-state index in [-0.39, 0.29) is 11.8 Å². The number of aryl methyl sites for hydroxylation is 1. The van der Waals surface area contributed by atoms with Crippen LogP contribution in [0.2, 0.25) is 5.02 Å². The fraction of sp³-hybridized carbons (Fsp3) is 0.353. The maximum Gasteiger partial charge on any atom is 0.255 e. The minimum atomic E-state index is -0.0577. The predicted molar refractivity (Wildman–Crippen MR) is 92.6 cm³/mol. The van der Waals surface area contributed by atoms with Crippen molar-refractivity contribution < 1.29 is 4.79 Å². The fourth-order valence-corrected chi connectivity index (χ4v) is 3.57.